The molecule has 0 bridgehead atoms. The molecule has 0 saturated heterocycles. The molecule has 0 spiro atoms. The number of hydrogen-bond donors (Lipinski definition) is 2. The Labute approximate surface area is 195 Å². The van der Waals surface area contributed by atoms with E-state index < -0.39 is 23.6 Å². The van der Waals surface area contributed by atoms with Crippen LogP contribution in [-0.4, -0.2) is 37.1 Å². The van der Waals surface area contributed by atoms with E-state index in [2.05, 4.69) is 15.6 Å². The number of amides is 1. The Morgan fingerprint density at radius 1 is 1.00 bits per heavy atom. The number of aromatic nitrogens is 1. The minimum atomic E-state index is -4.54. The van der Waals surface area contributed by atoms with Gasteiger partial charge < -0.3 is 15.5 Å². The van der Waals surface area contributed by atoms with Crippen LogP contribution in [0.2, 0.25) is 0 Å². The van der Waals surface area contributed by atoms with Gasteiger partial charge in [-0.05, 0) is 56.0 Å². The first-order valence-corrected chi connectivity index (χ1v) is 11.1. The van der Waals surface area contributed by atoms with Crippen molar-refractivity contribution in [1.29, 1.82) is 0 Å². The Morgan fingerprint density at radius 3 is 2.35 bits per heavy atom. The average Bonchev–Trinajstić information content (AvgIpc) is 2.79. The third-order valence-corrected chi connectivity index (χ3v) is 6.14. The molecule has 1 aromatic heterocycles. The first-order chi connectivity index (χ1) is 16.1. The smallest absolute Gasteiger partial charge is 0.382 e. The summed E-state index contributed by atoms with van der Waals surface area (Å²) in [5.41, 5.74) is 0.462. The Morgan fingerprint density at radius 2 is 1.68 bits per heavy atom. The molecular weight excluding hydrogens is 448 g/mol. The van der Waals surface area contributed by atoms with Gasteiger partial charge in [0.15, 0.2) is 0 Å². The monoisotopic (exact) mass is 474 g/mol. The molecule has 2 aromatic carbocycles. The molecule has 1 fully saturated rings. The van der Waals surface area contributed by atoms with Gasteiger partial charge >= 0.3 is 6.18 Å². The van der Waals surface area contributed by atoms with Crippen molar-refractivity contribution in [3.05, 3.63) is 65.6 Å². The molecule has 0 unspecified atom stereocenters. The highest BCUT2D eigenvalue weighted by atomic mass is 19.4. The van der Waals surface area contributed by atoms with E-state index in [0.29, 0.717) is 36.8 Å². The number of para-hydroxylation sites is 1. The van der Waals surface area contributed by atoms with E-state index in [1.807, 2.05) is 14.1 Å². The van der Waals surface area contributed by atoms with Gasteiger partial charge in [0, 0.05) is 42.9 Å². The number of fused-ring (bicyclic) bond motifs is 1. The molecule has 1 saturated carbocycles. The molecule has 2 N–H and O–H groups in total. The Balaban J connectivity index is 1.42. The molecule has 0 atom stereocenters. The van der Waals surface area contributed by atoms with Crippen LogP contribution in [0, 0.1) is 5.82 Å². The summed E-state index contributed by atoms with van der Waals surface area (Å²) in [6.07, 6.45) is -1.96. The van der Waals surface area contributed by atoms with Crippen LogP contribution in [0.3, 0.4) is 0 Å². The van der Waals surface area contributed by atoms with Gasteiger partial charge in [-0.3, -0.25) is 4.79 Å². The van der Waals surface area contributed by atoms with Crippen molar-refractivity contribution in [3.63, 3.8) is 0 Å². The second kappa shape index (κ2) is 9.48. The SMILES string of the molecule is CN(C)c1ccc(F)c(C(=O)N[C@H]2CC[C@@H](Nc3cc(C(F)(F)F)nc4ccccc34)CC2)c1. The van der Waals surface area contributed by atoms with Crippen LogP contribution in [0.4, 0.5) is 28.9 Å². The predicted octanol–water partition coefficient (Wildman–Crippen LogP) is 5.61. The lowest BCUT2D eigenvalue weighted by Gasteiger charge is -2.31. The number of benzene rings is 2. The molecule has 3 aromatic rings. The average molecular weight is 475 g/mol. The largest absolute Gasteiger partial charge is 0.433 e. The second-order valence-corrected chi connectivity index (χ2v) is 8.79. The van der Waals surface area contributed by atoms with Crippen molar-refractivity contribution >= 4 is 28.2 Å². The fraction of sp³-hybridized carbons (Fsp3) is 0.360. The fourth-order valence-corrected chi connectivity index (χ4v) is 4.27. The van der Waals surface area contributed by atoms with Crippen molar-refractivity contribution in [2.45, 2.75) is 43.9 Å². The van der Waals surface area contributed by atoms with E-state index in [1.54, 1.807) is 35.2 Å². The standard InChI is InChI=1S/C25H26F4N4O/c1-33(2)17-11-12-20(26)19(13-17)24(34)31-16-9-7-15(8-10-16)30-22-14-23(25(27,28)29)32-21-6-4-3-5-18(21)22/h3-6,11-16H,7-10H2,1-2H3,(H,30,32)(H,31,34)/t15-,16+. The van der Waals surface area contributed by atoms with Crippen LogP contribution in [0.1, 0.15) is 41.7 Å². The molecule has 4 rings (SSSR count). The van der Waals surface area contributed by atoms with Gasteiger partial charge in [-0.2, -0.15) is 13.2 Å². The van der Waals surface area contributed by atoms with E-state index in [-0.39, 0.29) is 23.2 Å². The first kappa shape index (κ1) is 23.8. The third-order valence-electron chi connectivity index (χ3n) is 6.14. The lowest BCUT2D eigenvalue weighted by atomic mass is 9.90. The quantitative estimate of drug-likeness (QED) is 0.472. The number of alkyl halides is 3. The molecule has 0 radical (unpaired) electrons. The van der Waals surface area contributed by atoms with Gasteiger partial charge in [-0.25, -0.2) is 9.37 Å². The molecule has 5 nitrogen and oxygen atoms in total. The summed E-state index contributed by atoms with van der Waals surface area (Å²) in [4.78, 5) is 18.2. The summed E-state index contributed by atoms with van der Waals surface area (Å²) >= 11 is 0. The number of carbonyl (C=O) groups excluding carboxylic acids is 1. The van der Waals surface area contributed by atoms with Crippen molar-refractivity contribution in [2.75, 3.05) is 24.3 Å². The second-order valence-electron chi connectivity index (χ2n) is 8.79. The molecule has 0 aliphatic heterocycles. The highest BCUT2D eigenvalue weighted by molar-refractivity contribution is 5.95. The normalized spacial score (nSPS) is 18.5. The summed E-state index contributed by atoms with van der Waals surface area (Å²) in [7, 11) is 3.62. The fourth-order valence-electron chi connectivity index (χ4n) is 4.27. The van der Waals surface area contributed by atoms with Crippen LogP contribution in [0.15, 0.2) is 48.5 Å². The minimum absolute atomic E-state index is 0.00520. The lowest BCUT2D eigenvalue weighted by Crippen LogP contribution is -2.40. The van der Waals surface area contributed by atoms with Crippen LogP contribution in [0.5, 0.6) is 0 Å². The lowest BCUT2D eigenvalue weighted by molar-refractivity contribution is -0.140. The molecule has 1 aliphatic carbocycles. The van der Waals surface area contributed by atoms with Crippen molar-refractivity contribution in [3.8, 4) is 0 Å². The Kier molecular flexibility index (Phi) is 6.63. The summed E-state index contributed by atoms with van der Waals surface area (Å²) in [6.45, 7) is 0. The predicted molar refractivity (Wildman–Crippen MR) is 125 cm³/mol. The maximum Gasteiger partial charge on any atom is 0.433 e. The minimum Gasteiger partial charge on any atom is -0.382 e. The summed E-state index contributed by atoms with van der Waals surface area (Å²) in [5, 5.41) is 6.78. The number of rotatable bonds is 5. The Bertz CT molecular complexity index is 1190. The third kappa shape index (κ3) is 5.24. The van der Waals surface area contributed by atoms with E-state index in [9.17, 15) is 22.4 Å². The van der Waals surface area contributed by atoms with Crippen molar-refractivity contribution in [1.82, 2.24) is 10.3 Å². The van der Waals surface area contributed by atoms with Crippen LogP contribution in [0.25, 0.3) is 10.9 Å². The van der Waals surface area contributed by atoms with Crippen LogP contribution >= 0.6 is 0 Å². The summed E-state index contributed by atoms with van der Waals surface area (Å²) in [6, 6.07) is 12.0. The molecule has 1 amide bonds. The highest BCUT2D eigenvalue weighted by Crippen LogP contribution is 2.34. The maximum atomic E-state index is 14.2. The van der Waals surface area contributed by atoms with Crippen LogP contribution < -0.4 is 15.5 Å². The number of anilines is 2. The Hall–Kier alpha value is -3.36. The maximum absolute atomic E-state index is 14.2. The van der Waals surface area contributed by atoms with Gasteiger partial charge in [0.25, 0.3) is 5.91 Å². The highest BCUT2D eigenvalue weighted by Gasteiger charge is 2.34. The number of nitrogens with zero attached hydrogens (tertiary/aromatic N) is 2. The number of carbonyl (C=O) groups is 1. The van der Waals surface area contributed by atoms with Gasteiger partial charge in [0.05, 0.1) is 11.1 Å². The number of nitrogens with one attached hydrogen (secondary N) is 2. The number of hydrogen-bond acceptors (Lipinski definition) is 4. The van der Waals surface area contributed by atoms with Gasteiger partial charge in [-0.15, -0.1) is 0 Å². The molecule has 1 aliphatic rings. The van der Waals surface area contributed by atoms with E-state index in [0.717, 1.165) is 11.8 Å². The molecular formula is C25H26F4N4O. The molecule has 1 heterocycles. The molecule has 9 heteroatoms. The molecule has 180 valence electrons. The van der Waals surface area contributed by atoms with E-state index >= 15 is 0 Å². The number of halogens is 4. The number of pyridine rings is 1. The van der Waals surface area contributed by atoms with Crippen LogP contribution in [-0.2, 0) is 6.18 Å². The van der Waals surface area contributed by atoms with Gasteiger partial charge in [0.2, 0.25) is 0 Å². The van der Waals surface area contributed by atoms with Crippen molar-refractivity contribution in [2.24, 2.45) is 0 Å². The van der Waals surface area contributed by atoms with Gasteiger partial charge in [0.1, 0.15) is 11.5 Å². The van der Waals surface area contributed by atoms with E-state index in [4.69, 9.17) is 0 Å². The topological polar surface area (TPSA) is 57.3 Å². The zero-order valence-electron chi connectivity index (χ0n) is 18.9. The van der Waals surface area contributed by atoms with Gasteiger partial charge in [-0.1, -0.05) is 18.2 Å². The molecule has 34 heavy (non-hydrogen) atoms. The first-order valence-electron chi connectivity index (χ1n) is 11.1. The van der Waals surface area contributed by atoms with Crippen molar-refractivity contribution < 1.29 is 22.4 Å². The summed E-state index contributed by atoms with van der Waals surface area (Å²) in [5.74, 6) is -1.05. The van der Waals surface area contributed by atoms with E-state index in [1.165, 1.54) is 12.1 Å². The summed E-state index contributed by atoms with van der Waals surface area (Å²) < 4.78 is 54.2. The zero-order chi connectivity index (χ0) is 24.5. The zero-order valence-corrected chi connectivity index (χ0v) is 18.9.